The summed E-state index contributed by atoms with van der Waals surface area (Å²) >= 11 is 0. The second-order valence-corrected chi connectivity index (χ2v) is 7.06. The molecule has 29 heavy (non-hydrogen) atoms. The second kappa shape index (κ2) is 7.64. The number of aromatic nitrogens is 2. The van der Waals surface area contributed by atoms with Gasteiger partial charge < -0.3 is 19.6 Å². The van der Waals surface area contributed by atoms with Gasteiger partial charge in [0.15, 0.2) is 0 Å². The number of hydrogen-bond donors (Lipinski definition) is 2. The van der Waals surface area contributed by atoms with Gasteiger partial charge in [-0.2, -0.15) is 13.2 Å². The lowest BCUT2D eigenvalue weighted by Gasteiger charge is -2.36. The van der Waals surface area contributed by atoms with E-state index in [0.29, 0.717) is 25.5 Å². The van der Waals surface area contributed by atoms with Gasteiger partial charge in [-0.05, 0) is 37.1 Å². The summed E-state index contributed by atoms with van der Waals surface area (Å²) in [6.07, 6.45) is -0.242. The number of aliphatic hydroxyl groups is 1. The molecule has 0 atom stereocenters. The minimum atomic E-state index is -4.75. The van der Waals surface area contributed by atoms with Crippen LogP contribution in [0.5, 0.6) is 5.75 Å². The van der Waals surface area contributed by atoms with Gasteiger partial charge in [0.1, 0.15) is 23.3 Å². The third kappa shape index (κ3) is 4.06. The van der Waals surface area contributed by atoms with Crippen LogP contribution in [0.2, 0.25) is 0 Å². The SMILES string of the molecule is OCc1ccc(CNC2CC(Oc3ccc(F)c(C(F)(F)F)c3)C2)c2nccn12. The number of rotatable bonds is 6. The highest BCUT2D eigenvalue weighted by molar-refractivity contribution is 5.49. The fourth-order valence-electron chi connectivity index (χ4n) is 3.46. The van der Waals surface area contributed by atoms with Crippen molar-refractivity contribution in [3.8, 4) is 5.75 Å². The van der Waals surface area contributed by atoms with Crippen molar-refractivity contribution in [1.29, 1.82) is 0 Å². The van der Waals surface area contributed by atoms with Gasteiger partial charge in [-0.1, -0.05) is 6.07 Å². The first-order valence-corrected chi connectivity index (χ1v) is 9.16. The predicted molar refractivity (Wildman–Crippen MR) is 96.8 cm³/mol. The Hall–Kier alpha value is -2.65. The van der Waals surface area contributed by atoms with Crippen molar-refractivity contribution in [2.45, 2.75) is 44.3 Å². The summed E-state index contributed by atoms with van der Waals surface area (Å²) in [5.74, 6) is -1.30. The fraction of sp³-hybridized carbons (Fsp3) is 0.350. The zero-order valence-electron chi connectivity index (χ0n) is 15.3. The monoisotopic (exact) mass is 409 g/mol. The molecule has 9 heteroatoms. The molecule has 2 N–H and O–H groups in total. The molecule has 0 amide bonds. The maximum absolute atomic E-state index is 13.4. The van der Waals surface area contributed by atoms with Crippen molar-refractivity contribution in [1.82, 2.24) is 14.7 Å². The summed E-state index contributed by atoms with van der Waals surface area (Å²) in [6.45, 7) is 0.486. The molecule has 4 rings (SSSR count). The zero-order chi connectivity index (χ0) is 20.6. The van der Waals surface area contributed by atoms with E-state index in [9.17, 15) is 22.7 Å². The number of nitrogens with one attached hydrogen (secondary N) is 1. The van der Waals surface area contributed by atoms with Gasteiger partial charge in [0, 0.05) is 36.2 Å². The Labute approximate surface area is 163 Å². The number of fused-ring (bicyclic) bond motifs is 1. The van der Waals surface area contributed by atoms with Gasteiger partial charge in [-0.3, -0.25) is 0 Å². The van der Waals surface area contributed by atoms with E-state index in [-0.39, 0.29) is 24.5 Å². The van der Waals surface area contributed by atoms with Crippen LogP contribution in [0.1, 0.15) is 29.7 Å². The summed E-state index contributed by atoms with van der Waals surface area (Å²) in [6, 6.07) is 6.60. The van der Waals surface area contributed by atoms with Gasteiger partial charge in [-0.25, -0.2) is 9.37 Å². The Morgan fingerprint density at radius 2 is 2.00 bits per heavy atom. The first kappa shape index (κ1) is 19.7. The van der Waals surface area contributed by atoms with Crippen molar-refractivity contribution in [2.75, 3.05) is 0 Å². The molecule has 1 aromatic carbocycles. The number of imidazole rings is 1. The molecule has 0 saturated heterocycles. The highest BCUT2D eigenvalue weighted by Gasteiger charge is 2.35. The van der Waals surface area contributed by atoms with E-state index in [1.807, 2.05) is 16.5 Å². The molecular weight excluding hydrogens is 390 g/mol. The van der Waals surface area contributed by atoms with Crippen LogP contribution in [-0.2, 0) is 19.3 Å². The Balaban J connectivity index is 1.32. The van der Waals surface area contributed by atoms with E-state index in [4.69, 9.17) is 4.74 Å². The van der Waals surface area contributed by atoms with Crippen LogP contribution in [0, 0.1) is 5.82 Å². The standard InChI is InChI=1S/C20H19F4N3O2/c21-18-4-3-15(9-17(18)20(22,23)24)29-16-7-13(8-16)26-10-12-1-2-14(11-28)27-6-5-25-19(12)27/h1-6,9,13,16,26,28H,7-8,10-11H2. The zero-order valence-corrected chi connectivity index (χ0v) is 15.3. The molecule has 1 aliphatic rings. The number of ether oxygens (including phenoxy) is 1. The second-order valence-electron chi connectivity index (χ2n) is 7.06. The molecule has 1 fully saturated rings. The lowest BCUT2D eigenvalue weighted by Crippen LogP contribution is -2.46. The Bertz CT molecular complexity index is 1010. The third-order valence-electron chi connectivity index (χ3n) is 5.10. The molecule has 0 spiro atoms. The highest BCUT2D eigenvalue weighted by atomic mass is 19.4. The minimum Gasteiger partial charge on any atom is -0.490 e. The van der Waals surface area contributed by atoms with Crippen molar-refractivity contribution in [3.63, 3.8) is 0 Å². The molecule has 1 aliphatic carbocycles. The Morgan fingerprint density at radius 3 is 2.72 bits per heavy atom. The average molecular weight is 409 g/mol. The molecule has 2 heterocycles. The number of aliphatic hydroxyl groups excluding tert-OH is 1. The van der Waals surface area contributed by atoms with Crippen LogP contribution >= 0.6 is 0 Å². The molecule has 0 bridgehead atoms. The smallest absolute Gasteiger partial charge is 0.419 e. The van der Waals surface area contributed by atoms with Crippen LogP contribution in [0.3, 0.4) is 0 Å². The molecule has 1 saturated carbocycles. The first-order valence-electron chi connectivity index (χ1n) is 9.16. The van der Waals surface area contributed by atoms with Gasteiger partial charge in [0.2, 0.25) is 0 Å². The number of benzene rings is 1. The van der Waals surface area contributed by atoms with Gasteiger partial charge >= 0.3 is 6.18 Å². The average Bonchev–Trinajstić information content (AvgIpc) is 3.13. The first-order chi connectivity index (χ1) is 13.8. The molecule has 0 unspecified atom stereocenters. The molecule has 5 nitrogen and oxygen atoms in total. The lowest BCUT2D eigenvalue weighted by molar-refractivity contribution is -0.140. The Morgan fingerprint density at radius 1 is 1.21 bits per heavy atom. The molecule has 3 aromatic rings. The summed E-state index contributed by atoms with van der Waals surface area (Å²) in [4.78, 5) is 4.32. The minimum absolute atomic E-state index is 0.0147. The van der Waals surface area contributed by atoms with E-state index in [1.54, 1.807) is 12.4 Å². The van der Waals surface area contributed by atoms with Gasteiger partial charge in [-0.15, -0.1) is 0 Å². The molecule has 0 aliphatic heterocycles. The van der Waals surface area contributed by atoms with E-state index in [1.165, 1.54) is 6.07 Å². The van der Waals surface area contributed by atoms with E-state index >= 15 is 0 Å². The predicted octanol–water partition coefficient (Wildman–Crippen LogP) is 3.68. The van der Waals surface area contributed by atoms with E-state index in [2.05, 4.69) is 10.3 Å². The van der Waals surface area contributed by atoms with E-state index in [0.717, 1.165) is 23.0 Å². The number of alkyl halides is 3. The van der Waals surface area contributed by atoms with Crippen LogP contribution in [-0.4, -0.2) is 26.6 Å². The van der Waals surface area contributed by atoms with Crippen molar-refractivity contribution < 1.29 is 27.4 Å². The molecule has 0 radical (unpaired) electrons. The maximum atomic E-state index is 13.4. The van der Waals surface area contributed by atoms with Crippen molar-refractivity contribution in [3.05, 3.63) is 65.4 Å². The van der Waals surface area contributed by atoms with Gasteiger partial charge in [0.05, 0.1) is 12.2 Å². The van der Waals surface area contributed by atoms with Crippen LogP contribution < -0.4 is 10.1 Å². The number of halogens is 4. The van der Waals surface area contributed by atoms with Crippen LogP contribution in [0.15, 0.2) is 42.7 Å². The normalized spacial score (nSPS) is 19.3. The molecular formula is C20H19F4N3O2. The topological polar surface area (TPSA) is 58.8 Å². The number of nitrogens with zero attached hydrogens (tertiary/aromatic N) is 2. The number of pyridine rings is 1. The summed E-state index contributed by atoms with van der Waals surface area (Å²) < 4.78 is 59.1. The molecule has 154 valence electrons. The van der Waals surface area contributed by atoms with Crippen molar-refractivity contribution in [2.24, 2.45) is 0 Å². The Kier molecular flexibility index (Phi) is 5.18. The van der Waals surface area contributed by atoms with Crippen LogP contribution in [0.25, 0.3) is 5.65 Å². The summed E-state index contributed by atoms with van der Waals surface area (Å²) in [7, 11) is 0. The van der Waals surface area contributed by atoms with Crippen LogP contribution in [0.4, 0.5) is 17.6 Å². The maximum Gasteiger partial charge on any atom is 0.419 e. The largest absolute Gasteiger partial charge is 0.490 e. The van der Waals surface area contributed by atoms with E-state index < -0.39 is 17.6 Å². The third-order valence-corrected chi connectivity index (χ3v) is 5.10. The van der Waals surface area contributed by atoms with Gasteiger partial charge in [0.25, 0.3) is 0 Å². The summed E-state index contributed by atoms with van der Waals surface area (Å²) in [5.41, 5.74) is 1.17. The summed E-state index contributed by atoms with van der Waals surface area (Å²) in [5, 5.41) is 12.8. The fourth-order valence-corrected chi connectivity index (χ4v) is 3.46. The lowest BCUT2D eigenvalue weighted by atomic mass is 9.89. The quantitative estimate of drug-likeness (QED) is 0.610. The van der Waals surface area contributed by atoms with Crippen molar-refractivity contribution >= 4 is 5.65 Å². The highest BCUT2D eigenvalue weighted by Crippen LogP contribution is 2.35. The number of hydrogen-bond acceptors (Lipinski definition) is 4. The molecule has 2 aromatic heterocycles.